The summed E-state index contributed by atoms with van der Waals surface area (Å²) in [7, 11) is 0. The van der Waals surface area contributed by atoms with Gasteiger partial charge in [-0.2, -0.15) is 13.2 Å². The molecule has 3 aromatic rings. The number of benzene rings is 2. The number of aliphatic hydroxyl groups excluding tert-OH is 1. The molecule has 2 N–H and O–H groups in total. The van der Waals surface area contributed by atoms with E-state index in [9.17, 15) is 27.9 Å². The Balaban J connectivity index is 1.67. The van der Waals surface area contributed by atoms with Crippen LogP contribution in [0.15, 0.2) is 42.5 Å². The van der Waals surface area contributed by atoms with Crippen LogP contribution in [0.5, 0.6) is 0 Å². The quantitative estimate of drug-likeness (QED) is 0.553. The Morgan fingerprint density at radius 2 is 2.03 bits per heavy atom. The summed E-state index contributed by atoms with van der Waals surface area (Å²) in [6.45, 7) is 2.76. The molecule has 1 unspecified atom stereocenters. The Kier molecular flexibility index (Phi) is 6.60. The van der Waals surface area contributed by atoms with E-state index in [0.717, 1.165) is 25.0 Å². The van der Waals surface area contributed by atoms with Crippen LogP contribution in [-0.2, 0) is 17.5 Å². The zero-order valence-electron chi connectivity index (χ0n) is 18.6. The fourth-order valence-electron chi connectivity index (χ4n) is 4.16. The normalized spacial score (nSPS) is 16.8. The van der Waals surface area contributed by atoms with Gasteiger partial charge in [0.05, 0.1) is 16.6 Å². The van der Waals surface area contributed by atoms with Crippen molar-refractivity contribution < 1.29 is 27.9 Å². The minimum absolute atomic E-state index is 0.0448. The first-order valence-corrected chi connectivity index (χ1v) is 11.1. The number of aryl methyl sites for hydroxylation is 1. The fraction of sp³-hybridized carbons (Fsp3) is 0.375. The van der Waals surface area contributed by atoms with Crippen LogP contribution in [0.3, 0.4) is 0 Å². The summed E-state index contributed by atoms with van der Waals surface area (Å²) in [5, 5.41) is 11.9. The number of carbonyl (C=O) groups excluding carboxylic acids is 2. The summed E-state index contributed by atoms with van der Waals surface area (Å²) < 4.78 is 40.8. The zero-order chi connectivity index (χ0) is 24.5. The molecule has 0 radical (unpaired) electrons. The van der Waals surface area contributed by atoms with Gasteiger partial charge in [0.2, 0.25) is 11.9 Å². The molecule has 2 aromatic carbocycles. The number of piperidine rings is 1. The van der Waals surface area contributed by atoms with Crippen LogP contribution in [0, 0.1) is 5.92 Å². The van der Waals surface area contributed by atoms with Crippen molar-refractivity contribution >= 4 is 34.5 Å². The van der Waals surface area contributed by atoms with E-state index in [1.54, 1.807) is 21.6 Å². The van der Waals surface area contributed by atoms with E-state index in [1.165, 1.54) is 12.1 Å². The predicted molar refractivity (Wildman–Crippen MR) is 122 cm³/mol. The molecule has 1 aromatic heterocycles. The van der Waals surface area contributed by atoms with Gasteiger partial charge in [-0.05, 0) is 55.7 Å². The van der Waals surface area contributed by atoms with E-state index in [-0.39, 0.29) is 29.9 Å². The second-order valence-electron chi connectivity index (χ2n) is 8.40. The number of imidazole rings is 1. The molecule has 1 fully saturated rings. The van der Waals surface area contributed by atoms with Crippen molar-refractivity contribution in [2.45, 2.75) is 38.9 Å². The van der Waals surface area contributed by atoms with Crippen molar-refractivity contribution in [2.24, 2.45) is 5.92 Å². The topological polar surface area (TPSA) is 87.5 Å². The summed E-state index contributed by atoms with van der Waals surface area (Å²) in [4.78, 5) is 31.6. The van der Waals surface area contributed by atoms with Gasteiger partial charge in [0, 0.05) is 36.9 Å². The van der Waals surface area contributed by atoms with Gasteiger partial charge in [-0.15, -0.1) is 0 Å². The smallest absolute Gasteiger partial charge is 0.396 e. The number of amides is 2. The van der Waals surface area contributed by atoms with Crippen molar-refractivity contribution in [2.75, 3.05) is 23.4 Å². The monoisotopic (exact) mass is 474 g/mol. The molecule has 1 atom stereocenters. The number of carbonyl (C=O) groups is 2. The Hall–Kier alpha value is -3.40. The molecule has 1 aliphatic heterocycles. The molecule has 7 nitrogen and oxygen atoms in total. The van der Waals surface area contributed by atoms with Crippen molar-refractivity contribution in [1.29, 1.82) is 0 Å². The van der Waals surface area contributed by atoms with Gasteiger partial charge in [0.1, 0.15) is 0 Å². The number of halogens is 3. The van der Waals surface area contributed by atoms with Gasteiger partial charge in [-0.3, -0.25) is 14.9 Å². The van der Waals surface area contributed by atoms with E-state index in [2.05, 4.69) is 10.3 Å². The highest BCUT2D eigenvalue weighted by Crippen LogP contribution is 2.31. The number of fused-ring (bicyclic) bond motifs is 1. The lowest BCUT2D eigenvalue weighted by atomic mass is 9.98. The highest BCUT2D eigenvalue weighted by Gasteiger charge is 2.31. The molecule has 4 rings (SSSR count). The third-order valence-corrected chi connectivity index (χ3v) is 5.97. The number of hydrogen-bond acceptors (Lipinski definition) is 4. The second-order valence-corrected chi connectivity index (χ2v) is 8.40. The van der Waals surface area contributed by atoms with Crippen molar-refractivity contribution in [3.8, 4) is 0 Å². The first-order valence-electron chi connectivity index (χ1n) is 11.1. The summed E-state index contributed by atoms with van der Waals surface area (Å²) >= 11 is 0. The largest absolute Gasteiger partial charge is 0.416 e. The molecule has 180 valence electrons. The first-order chi connectivity index (χ1) is 16.2. The third kappa shape index (κ3) is 4.77. The van der Waals surface area contributed by atoms with E-state index in [0.29, 0.717) is 36.2 Å². The average Bonchev–Trinajstić information content (AvgIpc) is 3.14. The van der Waals surface area contributed by atoms with Crippen molar-refractivity contribution in [3.05, 3.63) is 53.6 Å². The van der Waals surface area contributed by atoms with E-state index in [4.69, 9.17) is 0 Å². The average molecular weight is 474 g/mol. The second kappa shape index (κ2) is 9.46. The van der Waals surface area contributed by atoms with Gasteiger partial charge in [-0.25, -0.2) is 4.98 Å². The number of nitrogens with zero attached hydrogens (tertiary/aromatic N) is 3. The van der Waals surface area contributed by atoms with Crippen LogP contribution in [0.25, 0.3) is 11.0 Å². The lowest BCUT2D eigenvalue weighted by Crippen LogP contribution is -2.40. The molecule has 0 saturated carbocycles. The van der Waals surface area contributed by atoms with Gasteiger partial charge >= 0.3 is 6.18 Å². The predicted octanol–water partition coefficient (Wildman–Crippen LogP) is 4.45. The lowest BCUT2D eigenvalue weighted by molar-refractivity contribution is -0.137. The number of nitrogens with one attached hydrogen (secondary N) is 1. The highest BCUT2D eigenvalue weighted by molar-refractivity contribution is 6.04. The maximum Gasteiger partial charge on any atom is 0.416 e. The van der Waals surface area contributed by atoms with Crippen LogP contribution in [0.2, 0.25) is 0 Å². The number of aliphatic hydroxyl groups is 1. The molecular weight excluding hydrogens is 449 g/mol. The zero-order valence-corrected chi connectivity index (χ0v) is 18.6. The van der Waals surface area contributed by atoms with Crippen LogP contribution in [0.1, 0.15) is 42.1 Å². The molecule has 0 aliphatic carbocycles. The molecule has 0 spiro atoms. The summed E-state index contributed by atoms with van der Waals surface area (Å²) in [6, 6.07) is 9.53. The van der Waals surface area contributed by atoms with Crippen molar-refractivity contribution in [3.63, 3.8) is 0 Å². The Morgan fingerprint density at radius 3 is 2.76 bits per heavy atom. The Labute approximate surface area is 194 Å². The molecule has 34 heavy (non-hydrogen) atoms. The Bertz CT molecular complexity index is 1220. The van der Waals surface area contributed by atoms with Crippen LogP contribution >= 0.6 is 0 Å². The fourth-order valence-corrected chi connectivity index (χ4v) is 4.16. The summed E-state index contributed by atoms with van der Waals surface area (Å²) in [5.74, 6) is -0.592. The van der Waals surface area contributed by atoms with Crippen LogP contribution in [-0.4, -0.2) is 39.6 Å². The molecule has 2 amide bonds. The number of rotatable bonds is 6. The van der Waals surface area contributed by atoms with Crippen LogP contribution in [0.4, 0.5) is 24.8 Å². The maximum atomic E-state index is 13.0. The molecular formula is C24H25F3N4O3. The van der Waals surface area contributed by atoms with E-state index < -0.39 is 17.6 Å². The molecule has 10 heteroatoms. The van der Waals surface area contributed by atoms with Gasteiger partial charge in [0.15, 0.2) is 0 Å². The first kappa shape index (κ1) is 23.7. The summed E-state index contributed by atoms with van der Waals surface area (Å²) in [6.07, 6.45) is -2.43. The molecule has 0 bridgehead atoms. The minimum atomic E-state index is -4.57. The number of anilines is 2. The molecule has 2 heterocycles. The standard InChI is InChI=1S/C24H25F3N4O3/c1-15-5-3-10-30(22(15)34)18-8-9-20-19(14-18)28-23(31(20)11-4-12-32)29-21(33)16-6-2-7-17(13-16)24(25,26)27/h2,6-9,13-15,32H,3-5,10-12H2,1H3,(H,28,29,33). The number of hydrogen-bond donors (Lipinski definition) is 2. The van der Waals surface area contributed by atoms with Crippen molar-refractivity contribution in [1.82, 2.24) is 9.55 Å². The highest BCUT2D eigenvalue weighted by atomic mass is 19.4. The molecule has 1 aliphatic rings. The number of alkyl halides is 3. The van der Waals surface area contributed by atoms with E-state index in [1.807, 2.05) is 13.0 Å². The third-order valence-electron chi connectivity index (χ3n) is 5.97. The van der Waals surface area contributed by atoms with Gasteiger partial charge in [0.25, 0.3) is 5.91 Å². The van der Waals surface area contributed by atoms with Gasteiger partial charge < -0.3 is 14.6 Å². The van der Waals surface area contributed by atoms with Crippen LogP contribution < -0.4 is 10.2 Å². The Morgan fingerprint density at radius 1 is 1.24 bits per heavy atom. The van der Waals surface area contributed by atoms with E-state index >= 15 is 0 Å². The minimum Gasteiger partial charge on any atom is -0.396 e. The van der Waals surface area contributed by atoms with Gasteiger partial charge in [-0.1, -0.05) is 13.0 Å². The SMILES string of the molecule is CC1CCCN(c2ccc3c(c2)nc(NC(=O)c2cccc(C(F)(F)F)c2)n3CCCO)C1=O. The summed E-state index contributed by atoms with van der Waals surface area (Å²) in [5.41, 5.74) is 0.838. The lowest BCUT2D eigenvalue weighted by Gasteiger charge is -2.30. The number of aromatic nitrogens is 2. The molecule has 1 saturated heterocycles. The maximum absolute atomic E-state index is 13.0.